The van der Waals surface area contributed by atoms with E-state index in [1.54, 1.807) is 22.9 Å². The summed E-state index contributed by atoms with van der Waals surface area (Å²) in [6.45, 7) is 3.88. The van der Waals surface area contributed by atoms with Gasteiger partial charge in [0.15, 0.2) is 5.58 Å². The first kappa shape index (κ1) is 15.1. The molecule has 126 valence electrons. The third kappa shape index (κ3) is 3.41. The van der Waals surface area contributed by atoms with E-state index >= 15 is 0 Å². The Kier molecular flexibility index (Phi) is 4.17. The molecule has 24 heavy (non-hydrogen) atoms. The van der Waals surface area contributed by atoms with Crippen molar-refractivity contribution in [1.82, 2.24) is 24.9 Å². The SMILES string of the molecule is Oc1ccc2nc(Cn3cc(CCN4CCCCC4)nn3)oc2c1. The van der Waals surface area contributed by atoms with Gasteiger partial charge in [-0.3, -0.25) is 0 Å². The fourth-order valence-corrected chi connectivity index (χ4v) is 3.15. The van der Waals surface area contributed by atoms with Crippen LogP contribution < -0.4 is 0 Å². The average Bonchev–Trinajstić information content (AvgIpc) is 3.20. The lowest BCUT2D eigenvalue weighted by Crippen LogP contribution is -2.31. The van der Waals surface area contributed by atoms with Crippen LogP contribution in [-0.4, -0.2) is 49.6 Å². The quantitative estimate of drug-likeness (QED) is 0.774. The first-order chi connectivity index (χ1) is 11.8. The molecular formula is C17H21N5O2. The Balaban J connectivity index is 1.38. The number of hydrogen-bond acceptors (Lipinski definition) is 6. The molecule has 0 bridgehead atoms. The minimum absolute atomic E-state index is 0.172. The number of oxazole rings is 1. The predicted molar refractivity (Wildman–Crippen MR) is 88.8 cm³/mol. The zero-order valence-corrected chi connectivity index (χ0v) is 13.6. The Hall–Kier alpha value is -2.41. The molecule has 1 aliphatic rings. The Morgan fingerprint density at radius 2 is 2.04 bits per heavy atom. The monoisotopic (exact) mass is 327 g/mol. The second-order valence-electron chi connectivity index (χ2n) is 6.32. The van der Waals surface area contributed by atoms with Crippen molar-refractivity contribution in [1.29, 1.82) is 0 Å². The number of piperidine rings is 1. The lowest BCUT2D eigenvalue weighted by molar-refractivity contribution is 0.231. The predicted octanol–water partition coefficient (Wildman–Crippen LogP) is 2.20. The van der Waals surface area contributed by atoms with Crippen LogP contribution in [0.2, 0.25) is 0 Å². The first-order valence-corrected chi connectivity index (χ1v) is 8.46. The Morgan fingerprint density at radius 3 is 2.92 bits per heavy atom. The number of phenols is 1. The molecule has 0 saturated carbocycles. The highest BCUT2D eigenvalue weighted by atomic mass is 16.3. The number of nitrogens with zero attached hydrogens (tertiary/aromatic N) is 5. The third-order valence-corrected chi connectivity index (χ3v) is 4.43. The molecule has 1 aliphatic heterocycles. The Morgan fingerprint density at radius 1 is 1.17 bits per heavy atom. The van der Waals surface area contributed by atoms with E-state index in [1.807, 2.05) is 6.20 Å². The normalized spacial score (nSPS) is 16.0. The Bertz CT molecular complexity index is 819. The standard InChI is InChI=1S/C17H21N5O2/c23-14-4-5-15-16(10-14)24-17(18-15)12-22-11-13(19-20-22)6-9-21-7-2-1-3-8-21/h4-5,10-11,23H,1-3,6-9,12H2. The minimum Gasteiger partial charge on any atom is -0.508 e. The molecule has 7 heteroatoms. The van der Waals surface area contributed by atoms with E-state index in [2.05, 4.69) is 20.2 Å². The van der Waals surface area contributed by atoms with Crippen LogP contribution >= 0.6 is 0 Å². The van der Waals surface area contributed by atoms with Gasteiger partial charge in [-0.25, -0.2) is 9.67 Å². The fraction of sp³-hybridized carbons (Fsp3) is 0.471. The summed E-state index contributed by atoms with van der Waals surface area (Å²) in [5, 5.41) is 17.9. The first-order valence-electron chi connectivity index (χ1n) is 8.46. The van der Waals surface area contributed by atoms with Crippen molar-refractivity contribution in [2.45, 2.75) is 32.2 Å². The summed E-state index contributed by atoms with van der Waals surface area (Å²) in [7, 11) is 0. The molecule has 4 rings (SSSR count). The largest absolute Gasteiger partial charge is 0.508 e. The number of fused-ring (bicyclic) bond motifs is 1. The van der Waals surface area contributed by atoms with Crippen LogP contribution in [0.5, 0.6) is 5.75 Å². The van der Waals surface area contributed by atoms with E-state index in [4.69, 9.17) is 4.42 Å². The van der Waals surface area contributed by atoms with E-state index in [9.17, 15) is 5.11 Å². The lowest BCUT2D eigenvalue weighted by Gasteiger charge is -2.25. The maximum absolute atomic E-state index is 9.48. The highest BCUT2D eigenvalue weighted by molar-refractivity contribution is 5.74. The fourth-order valence-electron chi connectivity index (χ4n) is 3.15. The molecule has 2 aromatic heterocycles. The summed E-state index contributed by atoms with van der Waals surface area (Å²) in [5.74, 6) is 0.731. The number of aromatic hydroxyl groups is 1. The number of phenolic OH excluding ortho intramolecular Hbond substituents is 1. The highest BCUT2D eigenvalue weighted by Gasteiger charge is 2.12. The van der Waals surface area contributed by atoms with Gasteiger partial charge in [0, 0.05) is 25.2 Å². The molecule has 0 atom stereocenters. The van der Waals surface area contributed by atoms with Crippen molar-refractivity contribution in [2.75, 3.05) is 19.6 Å². The van der Waals surface area contributed by atoms with E-state index in [0.29, 0.717) is 18.0 Å². The van der Waals surface area contributed by atoms with Crippen LogP contribution in [-0.2, 0) is 13.0 Å². The maximum Gasteiger partial charge on any atom is 0.217 e. The second-order valence-corrected chi connectivity index (χ2v) is 6.32. The summed E-state index contributed by atoms with van der Waals surface area (Å²) >= 11 is 0. The molecule has 3 heterocycles. The zero-order valence-electron chi connectivity index (χ0n) is 13.6. The molecule has 0 aliphatic carbocycles. The maximum atomic E-state index is 9.48. The van der Waals surface area contributed by atoms with Gasteiger partial charge in [0.1, 0.15) is 17.8 Å². The van der Waals surface area contributed by atoms with Crippen LogP contribution in [0.1, 0.15) is 30.8 Å². The van der Waals surface area contributed by atoms with E-state index in [-0.39, 0.29) is 5.75 Å². The van der Waals surface area contributed by atoms with Gasteiger partial charge in [-0.1, -0.05) is 11.6 Å². The molecule has 1 fully saturated rings. The van der Waals surface area contributed by atoms with Gasteiger partial charge in [0.2, 0.25) is 5.89 Å². The molecule has 1 saturated heterocycles. The lowest BCUT2D eigenvalue weighted by atomic mass is 10.1. The van der Waals surface area contributed by atoms with Crippen molar-refractivity contribution in [3.8, 4) is 5.75 Å². The van der Waals surface area contributed by atoms with Crippen molar-refractivity contribution < 1.29 is 9.52 Å². The summed E-state index contributed by atoms with van der Waals surface area (Å²) in [5.41, 5.74) is 2.30. The van der Waals surface area contributed by atoms with Crippen LogP contribution in [0.25, 0.3) is 11.1 Å². The summed E-state index contributed by atoms with van der Waals surface area (Å²) in [6, 6.07) is 4.91. The highest BCUT2D eigenvalue weighted by Crippen LogP contribution is 2.21. The van der Waals surface area contributed by atoms with E-state index in [1.165, 1.54) is 32.4 Å². The molecular weight excluding hydrogens is 306 g/mol. The topological polar surface area (TPSA) is 80.2 Å². The number of aromatic nitrogens is 4. The summed E-state index contributed by atoms with van der Waals surface area (Å²) in [4.78, 5) is 6.90. The molecule has 0 amide bonds. The van der Waals surface area contributed by atoms with Crippen LogP contribution in [0, 0.1) is 0 Å². The smallest absolute Gasteiger partial charge is 0.217 e. The molecule has 3 aromatic rings. The molecule has 1 N–H and O–H groups in total. The van der Waals surface area contributed by atoms with Crippen molar-refractivity contribution >= 4 is 11.1 Å². The number of hydrogen-bond donors (Lipinski definition) is 1. The van der Waals surface area contributed by atoms with Gasteiger partial charge in [0.25, 0.3) is 0 Å². The van der Waals surface area contributed by atoms with E-state index in [0.717, 1.165) is 24.2 Å². The van der Waals surface area contributed by atoms with Crippen LogP contribution in [0.15, 0.2) is 28.8 Å². The Labute approximate surface area is 139 Å². The van der Waals surface area contributed by atoms with E-state index < -0.39 is 0 Å². The van der Waals surface area contributed by atoms with Crippen molar-refractivity contribution in [3.63, 3.8) is 0 Å². The van der Waals surface area contributed by atoms with Gasteiger partial charge in [-0.05, 0) is 38.1 Å². The van der Waals surface area contributed by atoms with Gasteiger partial charge in [-0.15, -0.1) is 5.10 Å². The molecule has 0 spiro atoms. The van der Waals surface area contributed by atoms with Gasteiger partial charge in [0.05, 0.1) is 5.69 Å². The van der Waals surface area contributed by atoms with Crippen LogP contribution in [0.3, 0.4) is 0 Å². The second kappa shape index (κ2) is 6.60. The zero-order chi connectivity index (χ0) is 16.4. The van der Waals surface area contributed by atoms with Gasteiger partial charge < -0.3 is 14.4 Å². The minimum atomic E-state index is 0.172. The molecule has 7 nitrogen and oxygen atoms in total. The number of rotatable bonds is 5. The molecule has 0 radical (unpaired) electrons. The molecule has 1 aromatic carbocycles. The average molecular weight is 327 g/mol. The summed E-state index contributed by atoms with van der Waals surface area (Å²) < 4.78 is 7.40. The number of likely N-dealkylation sites (tertiary alicyclic amines) is 1. The molecule has 0 unspecified atom stereocenters. The van der Waals surface area contributed by atoms with Crippen molar-refractivity contribution in [2.24, 2.45) is 0 Å². The number of benzene rings is 1. The van der Waals surface area contributed by atoms with Crippen LogP contribution in [0.4, 0.5) is 0 Å². The third-order valence-electron chi connectivity index (χ3n) is 4.43. The van der Waals surface area contributed by atoms with Crippen molar-refractivity contribution in [3.05, 3.63) is 36.0 Å². The van der Waals surface area contributed by atoms with Gasteiger partial charge in [-0.2, -0.15) is 0 Å². The van der Waals surface area contributed by atoms with Gasteiger partial charge >= 0.3 is 0 Å². The summed E-state index contributed by atoms with van der Waals surface area (Å²) in [6.07, 6.45) is 6.84.